The van der Waals surface area contributed by atoms with E-state index in [0.717, 1.165) is 23.9 Å². The van der Waals surface area contributed by atoms with Crippen LogP contribution < -0.4 is 5.32 Å². The van der Waals surface area contributed by atoms with E-state index in [1.54, 1.807) is 0 Å². The van der Waals surface area contributed by atoms with Crippen molar-refractivity contribution in [1.82, 2.24) is 9.55 Å². The van der Waals surface area contributed by atoms with E-state index >= 15 is 0 Å². The third-order valence-corrected chi connectivity index (χ3v) is 4.98. The Morgan fingerprint density at radius 2 is 2.09 bits per heavy atom. The van der Waals surface area contributed by atoms with Gasteiger partial charge in [0.25, 0.3) is 0 Å². The van der Waals surface area contributed by atoms with Crippen LogP contribution in [0.2, 0.25) is 5.02 Å². The molecular weight excluding hydrogens is 298 g/mol. The first kappa shape index (κ1) is 15.3. The fourth-order valence-electron chi connectivity index (χ4n) is 2.70. The van der Waals surface area contributed by atoms with E-state index in [9.17, 15) is 4.79 Å². The molecule has 22 heavy (non-hydrogen) atoms. The molecule has 1 heterocycles. The summed E-state index contributed by atoms with van der Waals surface area (Å²) >= 11 is 6.14. The molecular formula is C17H22ClN3O. The van der Waals surface area contributed by atoms with Crippen LogP contribution in [-0.4, -0.2) is 15.5 Å². The number of imidazole rings is 1. The third kappa shape index (κ3) is 2.72. The Labute approximate surface area is 135 Å². The molecule has 3 rings (SSSR count). The summed E-state index contributed by atoms with van der Waals surface area (Å²) in [5.74, 6) is 0.936. The van der Waals surface area contributed by atoms with Crippen LogP contribution in [0.25, 0.3) is 11.0 Å². The Hall–Kier alpha value is -1.55. The Balaban J connectivity index is 1.99. The molecule has 0 spiro atoms. The average Bonchev–Trinajstić information content (AvgIpc) is 2.74. The van der Waals surface area contributed by atoms with Gasteiger partial charge in [-0.25, -0.2) is 4.98 Å². The number of hydrogen-bond acceptors (Lipinski definition) is 2. The maximum atomic E-state index is 12.4. The van der Waals surface area contributed by atoms with Gasteiger partial charge in [-0.3, -0.25) is 10.1 Å². The number of aromatic nitrogens is 2. The Morgan fingerprint density at radius 3 is 2.68 bits per heavy atom. The quantitative estimate of drug-likeness (QED) is 0.892. The van der Waals surface area contributed by atoms with Gasteiger partial charge in [0.1, 0.15) is 0 Å². The standard InChI is InChI=1S/C17H22ClN3O/c1-10(2)11(3)16(22)20-17-19-14-8-7-12(18)9-15(14)21(17)13-5-4-6-13/h7-11,13H,4-6H2,1-3H3,(H,19,20,22). The van der Waals surface area contributed by atoms with Crippen molar-refractivity contribution in [2.75, 3.05) is 5.32 Å². The van der Waals surface area contributed by atoms with Crippen LogP contribution in [0.4, 0.5) is 5.95 Å². The number of nitrogens with one attached hydrogen (secondary N) is 1. The van der Waals surface area contributed by atoms with Gasteiger partial charge in [-0.15, -0.1) is 0 Å². The molecule has 4 nitrogen and oxygen atoms in total. The summed E-state index contributed by atoms with van der Waals surface area (Å²) in [6.07, 6.45) is 3.47. The van der Waals surface area contributed by atoms with E-state index in [4.69, 9.17) is 11.6 Å². The number of halogens is 1. The zero-order valence-electron chi connectivity index (χ0n) is 13.3. The van der Waals surface area contributed by atoms with Crippen molar-refractivity contribution in [3.63, 3.8) is 0 Å². The minimum absolute atomic E-state index is 0.0250. The first-order chi connectivity index (χ1) is 10.5. The fourth-order valence-corrected chi connectivity index (χ4v) is 2.86. The molecule has 2 aromatic rings. The number of carbonyl (C=O) groups excluding carboxylic acids is 1. The largest absolute Gasteiger partial charge is 0.307 e. The predicted molar refractivity (Wildman–Crippen MR) is 90.3 cm³/mol. The Kier molecular flexibility index (Phi) is 4.13. The monoisotopic (exact) mass is 319 g/mol. The lowest BCUT2D eigenvalue weighted by Crippen LogP contribution is -2.27. The summed E-state index contributed by atoms with van der Waals surface area (Å²) in [6.45, 7) is 6.06. The lowest BCUT2D eigenvalue weighted by atomic mass is 9.92. The summed E-state index contributed by atoms with van der Waals surface area (Å²) < 4.78 is 2.15. The Morgan fingerprint density at radius 1 is 1.36 bits per heavy atom. The number of fused-ring (bicyclic) bond motifs is 1. The number of nitrogens with zero attached hydrogens (tertiary/aromatic N) is 2. The predicted octanol–water partition coefficient (Wildman–Crippen LogP) is 4.65. The van der Waals surface area contributed by atoms with Crippen molar-refractivity contribution in [2.24, 2.45) is 11.8 Å². The normalized spacial score (nSPS) is 16.8. The van der Waals surface area contributed by atoms with Crippen LogP contribution in [0, 0.1) is 11.8 Å². The Bertz CT molecular complexity index is 703. The molecule has 0 radical (unpaired) electrons. The van der Waals surface area contributed by atoms with E-state index < -0.39 is 0 Å². The topological polar surface area (TPSA) is 46.9 Å². The molecule has 1 unspecified atom stereocenters. The van der Waals surface area contributed by atoms with Crippen LogP contribution in [0.5, 0.6) is 0 Å². The number of carbonyl (C=O) groups is 1. The SMILES string of the molecule is CC(C)C(C)C(=O)Nc1nc2ccc(Cl)cc2n1C1CCC1. The van der Waals surface area contributed by atoms with Gasteiger partial charge in [0.05, 0.1) is 11.0 Å². The highest BCUT2D eigenvalue weighted by Gasteiger charge is 2.26. The zero-order chi connectivity index (χ0) is 15.9. The van der Waals surface area contributed by atoms with Gasteiger partial charge < -0.3 is 4.57 Å². The highest BCUT2D eigenvalue weighted by atomic mass is 35.5. The minimum Gasteiger partial charge on any atom is -0.307 e. The third-order valence-electron chi connectivity index (χ3n) is 4.74. The molecule has 1 atom stereocenters. The van der Waals surface area contributed by atoms with Crippen molar-refractivity contribution < 1.29 is 4.79 Å². The van der Waals surface area contributed by atoms with Gasteiger partial charge in [-0.1, -0.05) is 32.4 Å². The van der Waals surface area contributed by atoms with E-state index in [1.807, 2.05) is 25.1 Å². The first-order valence-electron chi connectivity index (χ1n) is 7.95. The van der Waals surface area contributed by atoms with E-state index in [2.05, 4.69) is 28.7 Å². The second-order valence-corrected chi connectivity index (χ2v) is 6.98. The maximum Gasteiger partial charge on any atom is 0.229 e. The van der Waals surface area contributed by atoms with E-state index in [-0.39, 0.29) is 11.8 Å². The lowest BCUT2D eigenvalue weighted by molar-refractivity contribution is -0.120. The van der Waals surface area contributed by atoms with Crippen molar-refractivity contribution in [3.05, 3.63) is 23.2 Å². The molecule has 0 bridgehead atoms. The molecule has 1 aliphatic carbocycles. The minimum atomic E-state index is -0.0433. The highest BCUT2D eigenvalue weighted by Crippen LogP contribution is 2.37. The van der Waals surface area contributed by atoms with Gasteiger partial charge in [0.2, 0.25) is 11.9 Å². The second kappa shape index (κ2) is 5.92. The maximum absolute atomic E-state index is 12.4. The summed E-state index contributed by atoms with van der Waals surface area (Å²) in [5.41, 5.74) is 1.88. The fraction of sp³-hybridized carbons (Fsp3) is 0.529. The molecule has 5 heteroatoms. The molecule has 1 aromatic heterocycles. The lowest BCUT2D eigenvalue weighted by Gasteiger charge is -2.29. The molecule has 1 N–H and O–H groups in total. The number of hydrogen-bond donors (Lipinski definition) is 1. The van der Waals surface area contributed by atoms with Crippen molar-refractivity contribution in [3.8, 4) is 0 Å². The number of rotatable bonds is 4. The van der Waals surface area contributed by atoms with Crippen molar-refractivity contribution in [1.29, 1.82) is 0 Å². The van der Waals surface area contributed by atoms with Gasteiger partial charge in [-0.05, 0) is 43.4 Å². The van der Waals surface area contributed by atoms with E-state index in [1.165, 1.54) is 6.42 Å². The highest BCUT2D eigenvalue weighted by molar-refractivity contribution is 6.31. The summed E-state index contributed by atoms with van der Waals surface area (Å²) in [4.78, 5) is 17.0. The first-order valence-corrected chi connectivity index (χ1v) is 8.33. The molecule has 1 aromatic carbocycles. The smallest absolute Gasteiger partial charge is 0.229 e. The van der Waals surface area contributed by atoms with Crippen LogP contribution in [0.1, 0.15) is 46.1 Å². The average molecular weight is 320 g/mol. The molecule has 0 saturated heterocycles. The van der Waals surface area contributed by atoms with Crippen molar-refractivity contribution in [2.45, 2.75) is 46.1 Å². The van der Waals surface area contributed by atoms with E-state index in [0.29, 0.717) is 22.9 Å². The summed E-state index contributed by atoms with van der Waals surface area (Å²) in [5, 5.41) is 3.72. The second-order valence-electron chi connectivity index (χ2n) is 6.55. The van der Waals surface area contributed by atoms with Crippen LogP contribution in [0.3, 0.4) is 0 Å². The molecule has 118 valence electrons. The van der Waals surface area contributed by atoms with Crippen molar-refractivity contribution >= 4 is 34.5 Å². The van der Waals surface area contributed by atoms with Gasteiger partial charge in [0.15, 0.2) is 0 Å². The summed E-state index contributed by atoms with van der Waals surface area (Å²) in [6, 6.07) is 6.09. The molecule has 1 amide bonds. The van der Waals surface area contributed by atoms with Crippen LogP contribution in [-0.2, 0) is 4.79 Å². The zero-order valence-corrected chi connectivity index (χ0v) is 14.0. The summed E-state index contributed by atoms with van der Waals surface area (Å²) in [7, 11) is 0. The van der Waals surface area contributed by atoms with Crippen LogP contribution >= 0.6 is 11.6 Å². The van der Waals surface area contributed by atoms with Crippen LogP contribution in [0.15, 0.2) is 18.2 Å². The number of amides is 1. The number of anilines is 1. The molecule has 1 saturated carbocycles. The molecule has 0 aliphatic heterocycles. The van der Waals surface area contributed by atoms with Gasteiger partial charge in [0, 0.05) is 17.0 Å². The molecule has 1 aliphatic rings. The van der Waals surface area contributed by atoms with Gasteiger partial charge >= 0.3 is 0 Å². The van der Waals surface area contributed by atoms with Gasteiger partial charge in [-0.2, -0.15) is 0 Å². The number of benzene rings is 1. The molecule has 1 fully saturated rings.